The summed E-state index contributed by atoms with van der Waals surface area (Å²) in [6, 6.07) is 7.73. The largest absolute Gasteiger partial charge is 0.490 e. The van der Waals surface area contributed by atoms with Crippen molar-refractivity contribution in [3.8, 4) is 0 Å². The number of aromatic nitrogens is 5. The van der Waals surface area contributed by atoms with E-state index in [-0.39, 0.29) is 11.9 Å². The second-order valence-corrected chi connectivity index (χ2v) is 8.16. The number of halogens is 3. The Labute approximate surface area is 196 Å². The first-order valence-electron chi connectivity index (χ1n) is 10.0. The summed E-state index contributed by atoms with van der Waals surface area (Å²) in [5.74, 6) is -1.05. The Bertz CT molecular complexity index is 1090. The van der Waals surface area contributed by atoms with Crippen molar-refractivity contribution in [2.45, 2.75) is 23.1 Å². The molecular weight excluding hydrogens is 475 g/mol. The Kier molecular flexibility index (Phi) is 8.28. The van der Waals surface area contributed by atoms with Crippen molar-refractivity contribution in [1.82, 2.24) is 34.9 Å². The van der Waals surface area contributed by atoms with Crippen LogP contribution in [0.15, 0.2) is 48.1 Å². The van der Waals surface area contributed by atoms with E-state index in [1.807, 2.05) is 47.0 Å². The number of thioether (sulfide) groups is 1. The summed E-state index contributed by atoms with van der Waals surface area (Å²) in [5.41, 5.74) is 1.83. The number of alkyl halides is 3. The van der Waals surface area contributed by atoms with Gasteiger partial charge in [-0.2, -0.15) is 18.3 Å². The van der Waals surface area contributed by atoms with Crippen LogP contribution in [0, 0.1) is 0 Å². The van der Waals surface area contributed by atoms with Crippen molar-refractivity contribution in [3.63, 3.8) is 0 Å². The molecule has 182 valence electrons. The van der Waals surface area contributed by atoms with Crippen LogP contribution in [-0.4, -0.2) is 72.4 Å². The third kappa shape index (κ3) is 6.57. The lowest BCUT2D eigenvalue weighted by molar-refractivity contribution is -0.192. The summed E-state index contributed by atoms with van der Waals surface area (Å²) in [4.78, 5) is 32.5. The van der Waals surface area contributed by atoms with Gasteiger partial charge < -0.3 is 19.9 Å². The number of benzene rings is 1. The quantitative estimate of drug-likeness (QED) is 0.458. The summed E-state index contributed by atoms with van der Waals surface area (Å²) >= 11 is 1.58. The van der Waals surface area contributed by atoms with Gasteiger partial charge in [0.25, 0.3) is 5.91 Å². The summed E-state index contributed by atoms with van der Waals surface area (Å²) in [7, 11) is 1.96. The lowest BCUT2D eigenvalue weighted by Gasteiger charge is -2.35. The molecule has 1 saturated heterocycles. The highest BCUT2D eigenvalue weighted by Crippen LogP contribution is 2.24. The zero-order chi connectivity index (χ0) is 24.7. The van der Waals surface area contributed by atoms with Crippen molar-refractivity contribution in [2.75, 3.05) is 19.6 Å². The molecule has 1 atom stereocenters. The van der Waals surface area contributed by atoms with Gasteiger partial charge in [-0.05, 0) is 17.7 Å². The van der Waals surface area contributed by atoms with E-state index in [9.17, 15) is 18.0 Å². The van der Waals surface area contributed by atoms with E-state index >= 15 is 0 Å². The maximum absolute atomic E-state index is 13.1. The highest BCUT2D eigenvalue weighted by atomic mass is 32.2. The molecule has 4 rings (SSSR count). The van der Waals surface area contributed by atoms with E-state index in [1.54, 1.807) is 18.0 Å². The highest BCUT2D eigenvalue weighted by Gasteiger charge is 2.38. The van der Waals surface area contributed by atoms with Gasteiger partial charge in [-0.3, -0.25) is 9.89 Å². The van der Waals surface area contributed by atoms with Crippen LogP contribution < -0.4 is 5.32 Å². The molecule has 10 nitrogen and oxygen atoms in total. The van der Waals surface area contributed by atoms with Gasteiger partial charge in [-0.25, -0.2) is 14.8 Å². The second kappa shape index (κ2) is 11.2. The smallest absolute Gasteiger partial charge is 0.475 e. The highest BCUT2D eigenvalue weighted by molar-refractivity contribution is 7.98. The number of hydrogen-bond donors (Lipinski definition) is 3. The Morgan fingerprint density at radius 2 is 1.94 bits per heavy atom. The fraction of sp³-hybridized carbons (Fsp3) is 0.350. The number of amides is 1. The molecule has 1 unspecified atom stereocenters. The number of aliphatic carboxylic acids is 1. The molecule has 1 amide bonds. The number of carboxylic acids is 1. The molecule has 14 heteroatoms. The average molecular weight is 498 g/mol. The van der Waals surface area contributed by atoms with Gasteiger partial charge in [0, 0.05) is 50.4 Å². The number of imidazole rings is 1. The van der Waals surface area contributed by atoms with Crippen LogP contribution in [-0.2, 0) is 17.6 Å². The number of carbonyl (C=O) groups excluding carboxylic acids is 1. The Morgan fingerprint density at radius 3 is 2.50 bits per heavy atom. The number of H-pyrrole nitrogens is 1. The average Bonchev–Trinajstić information content (AvgIpc) is 3.49. The second-order valence-electron chi connectivity index (χ2n) is 7.19. The minimum atomic E-state index is -5.08. The number of aryl methyl sites for hydroxylation is 1. The Balaban J connectivity index is 0.000000406. The molecule has 1 aliphatic rings. The molecular formula is C20H22F3N7O3S. The van der Waals surface area contributed by atoms with E-state index in [4.69, 9.17) is 9.90 Å². The van der Waals surface area contributed by atoms with Crippen molar-refractivity contribution in [2.24, 2.45) is 7.05 Å². The lowest BCUT2D eigenvalue weighted by Crippen LogP contribution is -2.49. The normalized spacial score (nSPS) is 16.0. The molecule has 0 spiro atoms. The molecule has 1 aliphatic heterocycles. The van der Waals surface area contributed by atoms with Crippen LogP contribution in [0.5, 0.6) is 0 Å². The molecule has 2 aromatic heterocycles. The van der Waals surface area contributed by atoms with Crippen molar-refractivity contribution >= 4 is 23.6 Å². The van der Waals surface area contributed by atoms with E-state index < -0.39 is 12.1 Å². The summed E-state index contributed by atoms with van der Waals surface area (Å²) < 4.78 is 33.7. The molecule has 0 bridgehead atoms. The molecule has 3 aromatic rings. The first-order chi connectivity index (χ1) is 16.2. The zero-order valence-corrected chi connectivity index (χ0v) is 18.8. The summed E-state index contributed by atoms with van der Waals surface area (Å²) in [5, 5.41) is 17.9. The predicted molar refractivity (Wildman–Crippen MR) is 116 cm³/mol. The van der Waals surface area contributed by atoms with Gasteiger partial charge in [0.15, 0.2) is 5.16 Å². The van der Waals surface area contributed by atoms with Gasteiger partial charge in [-0.15, -0.1) is 0 Å². The van der Waals surface area contributed by atoms with Crippen molar-refractivity contribution in [1.29, 1.82) is 0 Å². The number of piperazine rings is 1. The Hall–Kier alpha value is -3.39. The van der Waals surface area contributed by atoms with Gasteiger partial charge in [0.1, 0.15) is 18.2 Å². The zero-order valence-electron chi connectivity index (χ0n) is 18.0. The molecule has 0 saturated carbocycles. The number of rotatable bonds is 5. The van der Waals surface area contributed by atoms with Crippen molar-refractivity contribution in [3.05, 3.63) is 59.9 Å². The van der Waals surface area contributed by atoms with E-state index in [1.165, 1.54) is 6.33 Å². The topological polar surface area (TPSA) is 129 Å². The van der Waals surface area contributed by atoms with Gasteiger partial charge in [-0.1, -0.05) is 23.9 Å². The summed E-state index contributed by atoms with van der Waals surface area (Å²) in [6.07, 6.45) is 0.0940. The first kappa shape index (κ1) is 25.2. The molecule has 0 radical (unpaired) electrons. The first-order valence-corrected chi connectivity index (χ1v) is 11.0. The van der Waals surface area contributed by atoms with Crippen LogP contribution in [0.2, 0.25) is 0 Å². The molecule has 34 heavy (non-hydrogen) atoms. The van der Waals surface area contributed by atoms with Gasteiger partial charge >= 0.3 is 12.1 Å². The number of hydrogen-bond acceptors (Lipinski definition) is 7. The fourth-order valence-corrected chi connectivity index (χ4v) is 3.94. The van der Waals surface area contributed by atoms with E-state index in [0.29, 0.717) is 18.7 Å². The van der Waals surface area contributed by atoms with E-state index in [2.05, 4.69) is 25.5 Å². The van der Waals surface area contributed by atoms with Crippen LogP contribution in [0.25, 0.3) is 0 Å². The van der Waals surface area contributed by atoms with Crippen LogP contribution in [0.1, 0.15) is 27.8 Å². The molecule has 3 heterocycles. The molecule has 1 fully saturated rings. The van der Waals surface area contributed by atoms with E-state index in [0.717, 1.165) is 28.8 Å². The maximum atomic E-state index is 13.1. The standard InChI is InChI=1S/C18H21N7OS.C2HF3O2/c1-24-8-7-20-16(24)15-10-19-6-9-25(15)17(26)14-4-2-13(3-5-14)11-27-18-21-12-22-23-18;3-2(4,5)1(6)7/h2-5,7-8,12,15,19H,6,9-11H2,1H3,(H,21,22,23);(H,6,7). The molecule has 0 aliphatic carbocycles. The summed E-state index contributed by atoms with van der Waals surface area (Å²) in [6.45, 7) is 2.17. The van der Waals surface area contributed by atoms with Crippen LogP contribution in [0.3, 0.4) is 0 Å². The number of aromatic amines is 1. The minimum Gasteiger partial charge on any atom is -0.475 e. The number of nitrogens with zero attached hydrogens (tertiary/aromatic N) is 5. The van der Waals surface area contributed by atoms with Crippen LogP contribution in [0.4, 0.5) is 13.2 Å². The number of nitrogens with one attached hydrogen (secondary N) is 2. The molecule has 3 N–H and O–H groups in total. The third-order valence-corrected chi connectivity index (χ3v) is 5.82. The fourth-order valence-electron chi connectivity index (χ4n) is 3.20. The third-order valence-electron chi connectivity index (χ3n) is 4.87. The van der Waals surface area contributed by atoms with Crippen molar-refractivity contribution < 1.29 is 27.9 Å². The maximum Gasteiger partial charge on any atom is 0.490 e. The van der Waals surface area contributed by atoms with Crippen LogP contribution >= 0.6 is 11.8 Å². The Morgan fingerprint density at radius 1 is 1.24 bits per heavy atom. The SMILES string of the molecule is Cn1ccnc1C1CNCCN1C(=O)c1ccc(CSc2ncn[nH]2)cc1.O=C(O)C(F)(F)F. The monoisotopic (exact) mass is 497 g/mol. The van der Waals surface area contributed by atoms with Gasteiger partial charge in [0.2, 0.25) is 0 Å². The predicted octanol–water partition coefficient (Wildman–Crippen LogP) is 2.25. The number of carboxylic acid groups (broad SMARTS) is 1. The molecule has 1 aromatic carbocycles. The lowest BCUT2D eigenvalue weighted by atomic mass is 10.1. The number of carbonyl (C=O) groups is 2. The minimum absolute atomic E-state index is 0.0407. The van der Waals surface area contributed by atoms with Gasteiger partial charge in [0.05, 0.1) is 0 Å².